The number of hydrogen-bond acceptors (Lipinski definition) is 5. The van der Waals surface area contributed by atoms with E-state index in [1.54, 1.807) is 6.07 Å². The lowest BCUT2D eigenvalue weighted by Crippen LogP contribution is -2.26. The second-order valence-corrected chi connectivity index (χ2v) is 7.28. The second-order valence-electron chi connectivity index (χ2n) is 7.28. The van der Waals surface area contributed by atoms with Gasteiger partial charge in [0.25, 0.3) is 5.91 Å². The lowest BCUT2D eigenvalue weighted by molar-refractivity contribution is 0.102. The number of hydrogen-bond donors (Lipinski definition) is 1. The Kier molecular flexibility index (Phi) is 5.42. The minimum Gasteiger partial charge on any atom is -0.489 e. The molecule has 0 spiro atoms. The van der Waals surface area contributed by atoms with Crippen molar-refractivity contribution in [3.63, 3.8) is 0 Å². The smallest absolute Gasteiger partial charge is 0.276 e. The summed E-state index contributed by atoms with van der Waals surface area (Å²) in [6, 6.07) is 19.3. The molecule has 1 N–H and O–H groups in total. The van der Waals surface area contributed by atoms with Gasteiger partial charge in [0, 0.05) is 12.2 Å². The van der Waals surface area contributed by atoms with Gasteiger partial charge in [-0.3, -0.25) is 4.79 Å². The van der Waals surface area contributed by atoms with Crippen LogP contribution < -0.4 is 15.0 Å². The lowest BCUT2D eigenvalue weighted by atomic mass is 10.0. The van der Waals surface area contributed by atoms with E-state index >= 15 is 0 Å². The van der Waals surface area contributed by atoms with Crippen LogP contribution in [0, 0.1) is 0 Å². The summed E-state index contributed by atoms with van der Waals surface area (Å²) in [4.78, 5) is 14.8. The molecule has 1 amide bonds. The van der Waals surface area contributed by atoms with Crippen molar-refractivity contribution in [3.8, 4) is 5.75 Å². The molecule has 1 aromatic heterocycles. The molecular formula is C23H24N4O2. The first-order chi connectivity index (χ1) is 14.1. The predicted octanol–water partition coefficient (Wildman–Crippen LogP) is 4.60. The molecule has 6 heteroatoms. The number of benzene rings is 2. The second kappa shape index (κ2) is 8.31. The molecule has 0 unspecified atom stereocenters. The number of aryl methyl sites for hydroxylation is 1. The minimum atomic E-state index is -0.317. The molecule has 3 aromatic rings. The molecule has 0 radical (unpaired) electrons. The number of rotatable bonds is 5. The highest BCUT2D eigenvalue weighted by atomic mass is 16.5. The zero-order valence-electron chi connectivity index (χ0n) is 16.6. The van der Waals surface area contributed by atoms with Gasteiger partial charge in [-0.2, -0.15) is 0 Å². The van der Waals surface area contributed by atoms with Crippen molar-refractivity contribution in [2.24, 2.45) is 0 Å². The molecule has 148 valence electrons. The zero-order valence-corrected chi connectivity index (χ0v) is 16.6. The summed E-state index contributed by atoms with van der Waals surface area (Å²) in [7, 11) is 0. The van der Waals surface area contributed by atoms with E-state index in [-0.39, 0.29) is 17.7 Å². The Morgan fingerprint density at radius 3 is 2.62 bits per heavy atom. The van der Waals surface area contributed by atoms with Crippen molar-refractivity contribution < 1.29 is 9.53 Å². The average molecular weight is 388 g/mol. The molecule has 0 saturated carbocycles. The van der Waals surface area contributed by atoms with Crippen molar-refractivity contribution in [2.75, 3.05) is 16.8 Å². The van der Waals surface area contributed by atoms with Crippen LogP contribution in [0.15, 0.2) is 60.7 Å². The summed E-state index contributed by atoms with van der Waals surface area (Å²) in [5.74, 6) is 1.06. The summed E-state index contributed by atoms with van der Waals surface area (Å²) in [6.45, 7) is 4.78. The van der Waals surface area contributed by atoms with E-state index < -0.39 is 0 Å². The molecular weight excluding hydrogens is 364 g/mol. The number of para-hydroxylation sites is 3. The average Bonchev–Trinajstić information content (AvgIpc) is 2.74. The van der Waals surface area contributed by atoms with Crippen LogP contribution in [-0.2, 0) is 6.42 Å². The number of fused-ring (bicyclic) bond motifs is 1. The van der Waals surface area contributed by atoms with Gasteiger partial charge < -0.3 is 15.0 Å². The highest BCUT2D eigenvalue weighted by molar-refractivity contribution is 6.03. The number of anilines is 3. The Hall–Kier alpha value is -3.41. The van der Waals surface area contributed by atoms with Gasteiger partial charge in [-0.15, -0.1) is 10.2 Å². The number of carbonyl (C=O) groups excluding carboxylic acids is 1. The van der Waals surface area contributed by atoms with Gasteiger partial charge in [0.05, 0.1) is 11.8 Å². The summed E-state index contributed by atoms with van der Waals surface area (Å²) in [6.07, 6.45) is 2.14. The van der Waals surface area contributed by atoms with Gasteiger partial charge in [0.1, 0.15) is 5.75 Å². The Balaban J connectivity index is 1.51. The Labute approximate surface area is 170 Å². The largest absolute Gasteiger partial charge is 0.489 e. The van der Waals surface area contributed by atoms with E-state index in [0.717, 1.165) is 30.9 Å². The van der Waals surface area contributed by atoms with E-state index in [1.807, 2.05) is 50.2 Å². The van der Waals surface area contributed by atoms with Gasteiger partial charge in [-0.05, 0) is 62.6 Å². The third kappa shape index (κ3) is 4.21. The summed E-state index contributed by atoms with van der Waals surface area (Å²) >= 11 is 0. The third-order valence-electron chi connectivity index (χ3n) is 4.77. The van der Waals surface area contributed by atoms with Crippen molar-refractivity contribution in [3.05, 3.63) is 71.9 Å². The van der Waals surface area contributed by atoms with Crippen molar-refractivity contribution in [2.45, 2.75) is 32.8 Å². The van der Waals surface area contributed by atoms with E-state index in [4.69, 9.17) is 4.74 Å². The van der Waals surface area contributed by atoms with Crippen LogP contribution in [0.2, 0.25) is 0 Å². The van der Waals surface area contributed by atoms with E-state index in [9.17, 15) is 4.79 Å². The van der Waals surface area contributed by atoms with Crippen LogP contribution in [0.5, 0.6) is 5.75 Å². The summed E-state index contributed by atoms with van der Waals surface area (Å²) in [5, 5.41) is 11.4. The minimum absolute atomic E-state index is 0.0135. The van der Waals surface area contributed by atoms with Gasteiger partial charge in [-0.1, -0.05) is 30.3 Å². The van der Waals surface area contributed by atoms with Crippen molar-refractivity contribution in [1.82, 2.24) is 10.2 Å². The first-order valence-corrected chi connectivity index (χ1v) is 9.88. The zero-order chi connectivity index (χ0) is 20.2. The maximum atomic E-state index is 12.7. The van der Waals surface area contributed by atoms with Crippen LogP contribution in [0.4, 0.5) is 17.2 Å². The molecule has 2 aromatic carbocycles. The number of nitrogens with one attached hydrogen (secondary N) is 1. The molecule has 0 fully saturated rings. The van der Waals surface area contributed by atoms with Crippen molar-refractivity contribution >= 4 is 23.1 Å². The highest BCUT2D eigenvalue weighted by Gasteiger charge is 2.20. The molecule has 1 aliphatic heterocycles. The monoisotopic (exact) mass is 388 g/mol. The van der Waals surface area contributed by atoms with Crippen molar-refractivity contribution in [1.29, 1.82) is 0 Å². The maximum absolute atomic E-state index is 12.7. The van der Waals surface area contributed by atoms with Crippen LogP contribution in [0.3, 0.4) is 0 Å². The first kappa shape index (κ1) is 18.9. The van der Waals surface area contributed by atoms with Gasteiger partial charge in [-0.25, -0.2) is 0 Å². The fraction of sp³-hybridized carbons (Fsp3) is 0.261. The first-order valence-electron chi connectivity index (χ1n) is 9.88. The maximum Gasteiger partial charge on any atom is 0.276 e. The molecule has 0 bridgehead atoms. The Bertz CT molecular complexity index is 1000. The number of nitrogens with zero attached hydrogens (tertiary/aromatic N) is 3. The van der Waals surface area contributed by atoms with E-state index in [1.165, 1.54) is 5.56 Å². The molecule has 0 atom stereocenters. The molecule has 4 rings (SSSR count). The van der Waals surface area contributed by atoms with E-state index in [0.29, 0.717) is 11.4 Å². The van der Waals surface area contributed by atoms with Gasteiger partial charge in [0.2, 0.25) is 0 Å². The highest BCUT2D eigenvalue weighted by Crippen LogP contribution is 2.32. The summed E-state index contributed by atoms with van der Waals surface area (Å²) < 4.78 is 5.76. The van der Waals surface area contributed by atoms with Crippen LogP contribution in [0.1, 0.15) is 36.3 Å². The topological polar surface area (TPSA) is 67.3 Å². The van der Waals surface area contributed by atoms with Gasteiger partial charge in [0.15, 0.2) is 11.5 Å². The van der Waals surface area contributed by atoms with Crippen LogP contribution in [0.25, 0.3) is 0 Å². The predicted molar refractivity (Wildman–Crippen MR) is 114 cm³/mol. The van der Waals surface area contributed by atoms with Gasteiger partial charge >= 0.3 is 0 Å². The fourth-order valence-electron chi connectivity index (χ4n) is 3.47. The molecule has 0 aliphatic carbocycles. The molecule has 0 saturated heterocycles. The molecule has 1 aliphatic rings. The third-order valence-corrected chi connectivity index (χ3v) is 4.77. The normalized spacial score (nSPS) is 13.1. The number of carbonyl (C=O) groups is 1. The Morgan fingerprint density at radius 1 is 1.03 bits per heavy atom. The fourth-order valence-corrected chi connectivity index (χ4v) is 3.47. The van der Waals surface area contributed by atoms with Crippen LogP contribution in [-0.4, -0.2) is 28.8 Å². The molecule has 29 heavy (non-hydrogen) atoms. The number of ether oxygens (including phenoxy) is 1. The van der Waals surface area contributed by atoms with E-state index in [2.05, 4.69) is 38.6 Å². The molecule has 6 nitrogen and oxygen atoms in total. The SMILES string of the molecule is CC(C)Oc1ccccc1NC(=O)c1ccc(N2CCCc3ccccc32)nn1. The summed E-state index contributed by atoms with van der Waals surface area (Å²) in [5.41, 5.74) is 3.34. The Morgan fingerprint density at radius 2 is 1.83 bits per heavy atom. The van der Waals surface area contributed by atoms with Crippen LogP contribution >= 0.6 is 0 Å². The number of aromatic nitrogens is 2. The molecule has 2 heterocycles. The number of amides is 1. The lowest BCUT2D eigenvalue weighted by Gasteiger charge is -2.29. The quantitative estimate of drug-likeness (QED) is 0.692. The standard InChI is InChI=1S/C23H24N4O2/c1-16(2)29-21-12-6-4-10-18(21)24-23(28)19-13-14-22(26-25-19)27-15-7-9-17-8-3-5-11-20(17)27/h3-6,8,10-14,16H,7,9,15H2,1-2H3,(H,24,28).